The summed E-state index contributed by atoms with van der Waals surface area (Å²) in [5.74, 6) is 0.286. The van der Waals surface area contributed by atoms with Gasteiger partial charge < -0.3 is 4.74 Å². The molecule has 1 heterocycles. The summed E-state index contributed by atoms with van der Waals surface area (Å²) in [4.78, 5) is 12.7. The smallest absolute Gasteiger partial charge is 0.283 e. The minimum absolute atomic E-state index is 0.368. The number of carbonyl (C=O) groups excluding carboxylic acids is 1. The first-order valence-corrected chi connectivity index (χ1v) is 8.99. The van der Waals surface area contributed by atoms with Crippen LogP contribution in [0.4, 0.5) is 0 Å². The third kappa shape index (κ3) is 3.75. The van der Waals surface area contributed by atoms with Gasteiger partial charge in [0.15, 0.2) is 0 Å². The molecular weight excluding hydrogens is 403 g/mol. The molecular formula is C17H11Cl3N2O2S. The van der Waals surface area contributed by atoms with Crippen molar-refractivity contribution in [3.8, 4) is 5.75 Å². The van der Waals surface area contributed by atoms with E-state index in [0.29, 0.717) is 31.3 Å². The molecule has 25 heavy (non-hydrogen) atoms. The molecule has 0 fully saturated rings. The van der Waals surface area contributed by atoms with Crippen LogP contribution in [0.15, 0.2) is 41.5 Å². The van der Waals surface area contributed by atoms with Crippen molar-refractivity contribution in [2.45, 2.75) is 0 Å². The van der Waals surface area contributed by atoms with Crippen molar-refractivity contribution in [3.63, 3.8) is 0 Å². The van der Waals surface area contributed by atoms with Gasteiger partial charge >= 0.3 is 0 Å². The number of ether oxygens (including phenoxy) is 1. The van der Waals surface area contributed by atoms with Gasteiger partial charge in [-0.3, -0.25) is 4.79 Å². The van der Waals surface area contributed by atoms with Crippen molar-refractivity contribution in [2.24, 2.45) is 5.10 Å². The number of hydrazone groups is 1. The van der Waals surface area contributed by atoms with E-state index in [1.807, 2.05) is 12.1 Å². The van der Waals surface area contributed by atoms with Gasteiger partial charge in [-0.05, 0) is 30.3 Å². The Labute approximate surface area is 163 Å². The van der Waals surface area contributed by atoms with Gasteiger partial charge in [0.25, 0.3) is 5.91 Å². The first-order valence-electron chi connectivity index (χ1n) is 7.04. The van der Waals surface area contributed by atoms with Gasteiger partial charge in [0.2, 0.25) is 0 Å². The molecule has 1 aromatic heterocycles. The Hall–Kier alpha value is -1.79. The number of nitrogens with zero attached hydrogens (tertiary/aromatic N) is 1. The molecule has 0 saturated carbocycles. The van der Waals surface area contributed by atoms with Crippen molar-refractivity contribution in [3.05, 3.63) is 61.9 Å². The number of hydrogen-bond donors (Lipinski definition) is 1. The molecule has 0 atom stereocenters. The van der Waals surface area contributed by atoms with Crippen LogP contribution < -0.4 is 10.2 Å². The fraction of sp³-hybridized carbons (Fsp3) is 0.0588. The number of halogens is 3. The lowest BCUT2D eigenvalue weighted by Gasteiger charge is -2.01. The van der Waals surface area contributed by atoms with Gasteiger partial charge in [0, 0.05) is 15.6 Å². The second kappa shape index (κ2) is 7.62. The molecule has 128 valence electrons. The van der Waals surface area contributed by atoms with Gasteiger partial charge in [-0.15, -0.1) is 11.3 Å². The number of thiophene rings is 1. The van der Waals surface area contributed by atoms with Crippen LogP contribution in [0.25, 0.3) is 10.1 Å². The quantitative estimate of drug-likeness (QED) is 0.445. The van der Waals surface area contributed by atoms with Crippen molar-refractivity contribution in [1.82, 2.24) is 5.43 Å². The first-order chi connectivity index (χ1) is 12.0. The summed E-state index contributed by atoms with van der Waals surface area (Å²) in [6.45, 7) is 0. The zero-order chi connectivity index (χ0) is 18.0. The van der Waals surface area contributed by atoms with Crippen LogP contribution >= 0.6 is 46.1 Å². The number of hydrogen-bond acceptors (Lipinski definition) is 4. The van der Waals surface area contributed by atoms with Crippen molar-refractivity contribution < 1.29 is 9.53 Å². The van der Waals surface area contributed by atoms with Crippen LogP contribution in [0.5, 0.6) is 5.75 Å². The number of carbonyl (C=O) groups is 1. The van der Waals surface area contributed by atoms with Crippen molar-refractivity contribution in [2.75, 3.05) is 7.11 Å². The van der Waals surface area contributed by atoms with E-state index >= 15 is 0 Å². The Balaban J connectivity index is 1.83. The van der Waals surface area contributed by atoms with E-state index in [1.54, 1.807) is 31.4 Å². The number of fused-ring (bicyclic) bond motifs is 1. The third-order valence-electron chi connectivity index (χ3n) is 3.40. The average molecular weight is 414 g/mol. The third-order valence-corrected chi connectivity index (χ3v) is 5.72. The fourth-order valence-corrected chi connectivity index (χ4v) is 4.09. The summed E-state index contributed by atoms with van der Waals surface area (Å²) in [6.07, 6.45) is 1.40. The van der Waals surface area contributed by atoms with Gasteiger partial charge in [-0.1, -0.05) is 40.9 Å². The molecule has 0 bridgehead atoms. The summed E-state index contributed by atoms with van der Waals surface area (Å²) < 4.78 is 6.04. The normalized spacial score (nSPS) is 11.2. The Morgan fingerprint density at radius 3 is 2.60 bits per heavy atom. The molecule has 1 amide bonds. The molecule has 0 spiro atoms. The largest absolute Gasteiger partial charge is 0.497 e. The Bertz CT molecular complexity index is 965. The molecule has 0 aliphatic carbocycles. The first kappa shape index (κ1) is 18.0. The Morgan fingerprint density at radius 1 is 1.20 bits per heavy atom. The molecule has 8 heteroatoms. The van der Waals surface area contributed by atoms with E-state index in [9.17, 15) is 4.79 Å². The van der Waals surface area contributed by atoms with Crippen molar-refractivity contribution >= 4 is 68.3 Å². The van der Waals surface area contributed by atoms with E-state index in [1.165, 1.54) is 17.6 Å². The average Bonchev–Trinajstić information content (AvgIpc) is 2.93. The Morgan fingerprint density at radius 2 is 1.92 bits per heavy atom. The minimum atomic E-state index is -0.412. The number of benzene rings is 2. The maximum atomic E-state index is 12.4. The zero-order valence-electron chi connectivity index (χ0n) is 12.8. The second-order valence-electron chi connectivity index (χ2n) is 4.94. The minimum Gasteiger partial charge on any atom is -0.497 e. The van der Waals surface area contributed by atoms with Crippen LogP contribution in [0.3, 0.4) is 0 Å². The predicted octanol–water partition coefficient (Wildman–Crippen LogP) is 5.63. The molecule has 3 rings (SSSR count). The maximum absolute atomic E-state index is 12.4. The lowest BCUT2D eigenvalue weighted by atomic mass is 10.2. The van der Waals surface area contributed by atoms with Crippen molar-refractivity contribution in [1.29, 1.82) is 0 Å². The lowest BCUT2D eigenvalue weighted by molar-refractivity contribution is 0.0959. The predicted molar refractivity (Wildman–Crippen MR) is 105 cm³/mol. The van der Waals surface area contributed by atoms with Crippen LogP contribution in [0.1, 0.15) is 15.2 Å². The number of rotatable bonds is 4. The van der Waals surface area contributed by atoms with Gasteiger partial charge in [-0.2, -0.15) is 5.10 Å². The number of amides is 1. The number of methoxy groups -OCH3 is 1. The molecule has 1 N–H and O–H groups in total. The summed E-state index contributed by atoms with van der Waals surface area (Å²) in [6, 6.07) is 10.5. The molecule has 0 radical (unpaired) electrons. The molecule has 0 saturated heterocycles. The van der Waals surface area contributed by atoms with E-state index in [2.05, 4.69) is 10.5 Å². The monoisotopic (exact) mass is 412 g/mol. The van der Waals surface area contributed by atoms with E-state index < -0.39 is 5.91 Å². The molecule has 0 aliphatic rings. The topological polar surface area (TPSA) is 50.7 Å². The molecule has 0 aliphatic heterocycles. The fourth-order valence-electron chi connectivity index (χ4n) is 2.16. The highest BCUT2D eigenvalue weighted by molar-refractivity contribution is 7.21. The molecule has 4 nitrogen and oxygen atoms in total. The van der Waals surface area contributed by atoms with E-state index in [0.717, 1.165) is 10.1 Å². The highest BCUT2D eigenvalue weighted by Gasteiger charge is 2.17. The summed E-state index contributed by atoms with van der Waals surface area (Å²) in [5, 5.41) is 5.97. The van der Waals surface area contributed by atoms with Gasteiger partial charge in [0.1, 0.15) is 10.6 Å². The highest BCUT2D eigenvalue weighted by atomic mass is 35.5. The molecule has 2 aromatic carbocycles. The summed E-state index contributed by atoms with van der Waals surface area (Å²) >= 11 is 19.7. The standard InChI is InChI=1S/C17H11Cl3N2O2S/c1-24-9-5-6-10-14(7-9)25-16(15(10)20)17(23)22-21-8-11-12(18)3-2-4-13(11)19/h2-8H,1H3,(H,22,23)/b21-8-. The van der Waals surface area contributed by atoms with Crippen LogP contribution in [0, 0.1) is 0 Å². The Kier molecular flexibility index (Phi) is 5.49. The summed E-state index contributed by atoms with van der Waals surface area (Å²) in [5.41, 5.74) is 2.97. The SMILES string of the molecule is COc1ccc2c(Cl)c(C(=O)N/N=C\c3c(Cl)cccc3Cl)sc2c1. The van der Waals surface area contributed by atoms with E-state index in [-0.39, 0.29) is 0 Å². The van der Waals surface area contributed by atoms with Gasteiger partial charge in [-0.25, -0.2) is 5.43 Å². The lowest BCUT2D eigenvalue weighted by Crippen LogP contribution is -2.16. The van der Waals surface area contributed by atoms with Gasteiger partial charge in [0.05, 0.1) is 28.4 Å². The zero-order valence-corrected chi connectivity index (χ0v) is 15.9. The van der Waals surface area contributed by atoms with Crippen LogP contribution in [-0.4, -0.2) is 19.2 Å². The van der Waals surface area contributed by atoms with Crippen LogP contribution in [-0.2, 0) is 0 Å². The molecule has 3 aromatic rings. The van der Waals surface area contributed by atoms with E-state index in [4.69, 9.17) is 39.5 Å². The number of nitrogens with one attached hydrogen (secondary N) is 1. The van der Waals surface area contributed by atoms with Crippen LogP contribution in [0.2, 0.25) is 15.1 Å². The molecule has 0 unspecified atom stereocenters. The highest BCUT2D eigenvalue weighted by Crippen LogP contribution is 2.37. The summed E-state index contributed by atoms with van der Waals surface area (Å²) in [7, 11) is 1.58. The second-order valence-corrected chi connectivity index (χ2v) is 7.19. The maximum Gasteiger partial charge on any atom is 0.283 e.